The van der Waals surface area contributed by atoms with Crippen molar-refractivity contribution < 1.29 is 17.9 Å². The molecule has 0 bridgehead atoms. The fourth-order valence-electron chi connectivity index (χ4n) is 1.87. The van der Waals surface area contributed by atoms with Crippen LogP contribution in [0.4, 0.5) is 5.69 Å². The topological polar surface area (TPSA) is 75.7 Å². The zero-order valence-electron chi connectivity index (χ0n) is 13.1. The Hall–Kier alpha value is -2.38. The molecule has 0 aromatic heterocycles. The second-order valence-electron chi connectivity index (χ2n) is 5.03. The predicted molar refractivity (Wildman–Crippen MR) is 89.1 cm³/mol. The van der Waals surface area contributed by atoms with Gasteiger partial charge in [-0.15, -0.1) is 0 Å². The zero-order valence-corrected chi connectivity index (χ0v) is 13.9. The highest BCUT2D eigenvalue weighted by Gasteiger charge is 2.15. The molecule has 6 nitrogen and oxygen atoms in total. The molecule has 1 N–H and O–H groups in total. The van der Waals surface area contributed by atoms with Crippen molar-refractivity contribution in [2.75, 3.05) is 25.9 Å². The zero-order chi connectivity index (χ0) is 17.0. The van der Waals surface area contributed by atoms with E-state index in [0.717, 1.165) is 4.31 Å². The maximum atomic E-state index is 12.5. The lowest BCUT2D eigenvalue weighted by Gasteiger charge is -2.13. The van der Waals surface area contributed by atoms with Crippen molar-refractivity contribution >= 4 is 21.7 Å². The molecule has 0 aliphatic carbocycles. The van der Waals surface area contributed by atoms with Crippen molar-refractivity contribution in [2.24, 2.45) is 0 Å². The maximum absolute atomic E-state index is 12.5. The molecule has 0 radical (unpaired) electrons. The van der Waals surface area contributed by atoms with Gasteiger partial charge in [0, 0.05) is 25.2 Å². The van der Waals surface area contributed by atoms with Gasteiger partial charge < -0.3 is 4.74 Å². The number of hydrogen-bond acceptors (Lipinski definition) is 4. The summed E-state index contributed by atoms with van der Waals surface area (Å²) in [5.41, 5.74) is 1.23. The Morgan fingerprint density at radius 2 is 1.70 bits per heavy atom. The van der Waals surface area contributed by atoms with Crippen LogP contribution in [-0.2, 0) is 10.2 Å². The first-order chi connectivity index (χ1) is 10.8. The number of ether oxygens (including phenoxy) is 1. The van der Waals surface area contributed by atoms with E-state index in [4.69, 9.17) is 4.74 Å². The summed E-state index contributed by atoms with van der Waals surface area (Å²) in [5, 5.41) is 0. The molecular formula is C16H18N2O4S. The monoisotopic (exact) mass is 334 g/mol. The predicted octanol–water partition coefficient (Wildman–Crippen LogP) is 2.14. The first-order valence-corrected chi connectivity index (χ1v) is 8.26. The summed E-state index contributed by atoms with van der Waals surface area (Å²) in [7, 11) is 0.791. The van der Waals surface area contributed by atoms with Gasteiger partial charge in [-0.1, -0.05) is 12.1 Å². The number of methoxy groups -OCH3 is 1. The number of carbonyl (C=O) groups excluding carboxylic acids is 1. The Balaban J connectivity index is 2.26. The van der Waals surface area contributed by atoms with E-state index in [1.54, 1.807) is 49.6 Å². The Kier molecular flexibility index (Phi) is 5.02. The van der Waals surface area contributed by atoms with Crippen LogP contribution in [-0.4, -0.2) is 39.7 Å². The van der Waals surface area contributed by atoms with Gasteiger partial charge in [-0.05, 0) is 36.4 Å². The third-order valence-electron chi connectivity index (χ3n) is 3.20. The second-order valence-corrected chi connectivity index (χ2v) is 6.91. The smallest absolute Gasteiger partial charge is 0.301 e. The van der Waals surface area contributed by atoms with Gasteiger partial charge in [-0.2, -0.15) is 12.7 Å². The van der Waals surface area contributed by atoms with Gasteiger partial charge in [0.1, 0.15) is 5.75 Å². The highest BCUT2D eigenvalue weighted by molar-refractivity contribution is 7.90. The van der Waals surface area contributed by atoms with Crippen LogP contribution in [0.2, 0.25) is 0 Å². The lowest BCUT2D eigenvalue weighted by atomic mass is 10.0. The van der Waals surface area contributed by atoms with Gasteiger partial charge in [-0.3, -0.25) is 9.52 Å². The van der Waals surface area contributed by atoms with Gasteiger partial charge in [-0.25, -0.2) is 0 Å². The first kappa shape index (κ1) is 17.0. The van der Waals surface area contributed by atoms with Gasteiger partial charge in [0.05, 0.1) is 12.8 Å². The molecular weight excluding hydrogens is 316 g/mol. The number of nitrogens with one attached hydrogen (secondary N) is 1. The highest BCUT2D eigenvalue weighted by Crippen LogP contribution is 2.18. The molecule has 0 saturated heterocycles. The van der Waals surface area contributed by atoms with Crippen LogP contribution in [0.3, 0.4) is 0 Å². The van der Waals surface area contributed by atoms with Crippen LogP contribution in [0.15, 0.2) is 48.5 Å². The summed E-state index contributed by atoms with van der Waals surface area (Å²) >= 11 is 0. The average molecular weight is 334 g/mol. The molecule has 0 heterocycles. The SMILES string of the molecule is COc1ccc(C(=O)c2cccc(NS(=O)(=O)N(C)C)c2)cc1. The van der Waals surface area contributed by atoms with Crippen molar-refractivity contribution in [3.05, 3.63) is 59.7 Å². The Labute approximate surface area is 135 Å². The van der Waals surface area contributed by atoms with E-state index in [9.17, 15) is 13.2 Å². The van der Waals surface area contributed by atoms with Gasteiger partial charge >= 0.3 is 10.2 Å². The molecule has 0 fully saturated rings. The van der Waals surface area contributed by atoms with Crippen LogP contribution >= 0.6 is 0 Å². The minimum atomic E-state index is -3.61. The number of ketones is 1. The van der Waals surface area contributed by atoms with Gasteiger partial charge in [0.25, 0.3) is 0 Å². The summed E-state index contributed by atoms with van der Waals surface area (Å²) in [6.07, 6.45) is 0. The van der Waals surface area contributed by atoms with E-state index >= 15 is 0 Å². The lowest BCUT2D eigenvalue weighted by molar-refractivity contribution is 0.103. The molecule has 0 saturated carbocycles. The van der Waals surface area contributed by atoms with E-state index in [-0.39, 0.29) is 5.78 Å². The number of rotatable bonds is 6. The number of anilines is 1. The number of nitrogens with zero attached hydrogens (tertiary/aromatic N) is 1. The normalized spacial score (nSPS) is 11.3. The van der Waals surface area contributed by atoms with Crippen molar-refractivity contribution in [3.8, 4) is 5.75 Å². The quantitative estimate of drug-likeness (QED) is 0.821. The molecule has 2 aromatic rings. The number of benzene rings is 2. The lowest BCUT2D eigenvalue weighted by Crippen LogP contribution is -2.28. The Bertz CT molecular complexity index is 799. The minimum Gasteiger partial charge on any atom is -0.497 e. The third-order valence-corrected chi connectivity index (χ3v) is 4.66. The fraction of sp³-hybridized carbons (Fsp3) is 0.188. The number of carbonyl (C=O) groups is 1. The Morgan fingerprint density at radius 3 is 2.26 bits per heavy atom. The third kappa shape index (κ3) is 4.08. The molecule has 0 spiro atoms. The molecule has 7 heteroatoms. The molecule has 0 unspecified atom stereocenters. The fourth-order valence-corrected chi connectivity index (χ4v) is 2.48. The summed E-state index contributed by atoms with van der Waals surface area (Å²) in [6, 6.07) is 13.1. The molecule has 0 amide bonds. The number of hydrogen-bond donors (Lipinski definition) is 1. The molecule has 122 valence electrons. The molecule has 2 rings (SSSR count). The average Bonchev–Trinajstić information content (AvgIpc) is 2.54. The Morgan fingerprint density at radius 1 is 1.04 bits per heavy atom. The van der Waals surface area contributed by atoms with Crippen molar-refractivity contribution in [2.45, 2.75) is 0 Å². The largest absolute Gasteiger partial charge is 0.497 e. The molecule has 23 heavy (non-hydrogen) atoms. The molecule has 0 aliphatic rings. The van der Waals surface area contributed by atoms with Crippen LogP contribution < -0.4 is 9.46 Å². The van der Waals surface area contributed by atoms with E-state index in [1.807, 2.05) is 0 Å². The summed E-state index contributed by atoms with van der Waals surface area (Å²) in [6.45, 7) is 0. The van der Waals surface area contributed by atoms with E-state index in [2.05, 4.69) is 4.72 Å². The highest BCUT2D eigenvalue weighted by atomic mass is 32.2. The minimum absolute atomic E-state index is 0.196. The maximum Gasteiger partial charge on any atom is 0.301 e. The van der Waals surface area contributed by atoms with E-state index < -0.39 is 10.2 Å². The standard InChI is InChI=1S/C16H18N2O4S/c1-18(2)23(20,21)17-14-6-4-5-13(11-14)16(19)12-7-9-15(22-3)10-8-12/h4-11,17H,1-3H3. The molecule has 0 atom stereocenters. The second kappa shape index (κ2) is 6.80. The van der Waals surface area contributed by atoms with Crippen molar-refractivity contribution in [3.63, 3.8) is 0 Å². The van der Waals surface area contributed by atoms with Crippen LogP contribution in [0.5, 0.6) is 5.75 Å². The van der Waals surface area contributed by atoms with Crippen LogP contribution in [0.1, 0.15) is 15.9 Å². The molecule has 2 aromatic carbocycles. The van der Waals surface area contributed by atoms with E-state index in [0.29, 0.717) is 22.6 Å². The first-order valence-electron chi connectivity index (χ1n) is 6.82. The van der Waals surface area contributed by atoms with E-state index in [1.165, 1.54) is 20.2 Å². The summed E-state index contributed by atoms with van der Waals surface area (Å²) in [4.78, 5) is 12.5. The molecule has 0 aliphatic heterocycles. The van der Waals surface area contributed by atoms with Crippen molar-refractivity contribution in [1.29, 1.82) is 0 Å². The van der Waals surface area contributed by atoms with Gasteiger partial charge in [0.15, 0.2) is 5.78 Å². The van der Waals surface area contributed by atoms with Gasteiger partial charge in [0.2, 0.25) is 0 Å². The van der Waals surface area contributed by atoms with Crippen molar-refractivity contribution in [1.82, 2.24) is 4.31 Å². The van der Waals surface area contributed by atoms with Crippen LogP contribution in [0.25, 0.3) is 0 Å². The summed E-state index contributed by atoms with van der Waals surface area (Å²) in [5.74, 6) is 0.465. The summed E-state index contributed by atoms with van der Waals surface area (Å²) < 4.78 is 32.2. The van der Waals surface area contributed by atoms with Crippen LogP contribution in [0, 0.1) is 0 Å².